The number of nitrogens with zero attached hydrogens (tertiary/aromatic N) is 1. The summed E-state index contributed by atoms with van der Waals surface area (Å²) < 4.78 is 17.6. The fraction of sp³-hybridized carbons (Fsp3) is 0.233. The molecule has 1 heterocycles. The Kier molecular flexibility index (Phi) is 7.81. The zero-order valence-electron chi connectivity index (χ0n) is 22.0. The largest absolute Gasteiger partial charge is 0.485 e. The van der Waals surface area contributed by atoms with Gasteiger partial charge in [0.1, 0.15) is 29.6 Å². The molecule has 0 saturated heterocycles. The normalized spacial score (nSPS) is 10.9. The van der Waals surface area contributed by atoms with Crippen LogP contribution in [0.1, 0.15) is 58.3 Å². The van der Waals surface area contributed by atoms with E-state index >= 15 is 0 Å². The molecule has 0 radical (unpaired) electrons. The number of nitro benzene ring substituents is 1. The highest BCUT2D eigenvalue weighted by molar-refractivity contribution is 6.02. The summed E-state index contributed by atoms with van der Waals surface area (Å²) in [7, 11) is 0. The van der Waals surface area contributed by atoms with Crippen LogP contribution in [0, 0.1) is 30.9 Å². The third-order valence-electron chi connectivity index (χ3n) is 5.84. The molecule has 196 valence electrons. The van der Waals surface area contributed by atoms with Gasteiger partial charge in [-0.25, -0.2) is 0 Å². The molecule has 4 rings (SSSR count). The standard InChI is InChI=1S/C30H30N2O6/c1-18(2)27-8-6-19(3)13-29(27)36-17-24-7-9-28(38-24)30(33)31-22-14-23(32(34)35)16-26(15-22)37-25-11-20(4)10-21(5)12-25/h6-16,18H,17H2,1-5H3,(H,31,33). The first-order valence-electron chi connectivity index (χ1n) is 12.3. The highest BCUT2D eigenvalue weighted by atomic mass is 16.6. The number of hydrogen-bond donors (Lipinski definition) is 1. The van der Waals surface area contributed by atoms with Crippen LogP contribution in [0.15, 0.2) is 71.1 Å². The Hall–Kier alpha value is -4.59. The molecule has 8 nitrogen and oxygen atoms in total. The maximum absolute atomic E-state index is 12.9. The summed E-state index contributed by atoms with van der Waals surface area (Å²) in [5.74, 6) is 1.83. The van der Waals surface area contributed by atoms with E-state index in [-0.39, 0.29) is 29.5 Å². The number of carbonyl (C=O) groups excluding carboxylic acids is 1. The minimum Gasteiger partial charge on any atom is -0.485 e. The van der Waals surface area contributed by atoms with E-state index in [9.17, 15) is 14.9 Å². The molecule has 1 amide bonds. The molecule has 0 aliphatic carbocycles. The van der Waals surface area contributed by atoms with Gasteiger partial charge in [-0.3, -0.25) is 14.9 Å². The predicted molar refractivity (Wildman–Crippen MR) is 145 cm³/mol. The van der Waals surface area contributed by atoms with Crippen LogP contribution in [0.4, 0.5) is 11.4 Å². The maximum atomic E-state index is 12.9. The molecule has 0 aliphatic heterocycles. The monoisotopic (exact) mass is 514 g/mol. The van der Waals surface area contributed by atoms with Gasteiger partial charge < -0.3 is 19.2 Å². The zero-order chi connectivity index (χ0) is 27.4. The van der Waals surface area contributed by atoms with Gasteiger partial charge in [0.15, 0.2) is 5.76 Å². The van der Waals surface area contributed by atoms with Gasteiger partial charge in [-0.2, -0.15) is 0 Å². The molecule has 0 aliphatic rings. The van der Waals surface area contributed by atoms with Gasteiger partial charge in [-0.05, 0) is 79.3 Å². The van der Waals surface area contributed by atoms with Crippen molar-refractivity contribution in [3.05, 3.63) is 111 Å². The second-order valence-corrected chi connectivity index (χ2v) is 9.60. The number of aryl methyl sites for hydroxylation is 3. The molecule has 0 saturated carbocycles. The van der Waals surface area contributed by atoms with Crippen LogP contribution >= 0.6 is 0 Å². The number of amides is 1. The van der Waals surface area contributed by atoms with Crippen LogP contribution in [0.2, 0.25) is 0 Å². The number of rotatable bonds is 9. The second-order valence-electron chi connectivity index (χ2n) is 9.60. The highest BCUT2D eigenvalue weighted by Crippen LogP contribution is 2.31. The minimum absolute atomic E-state index is 0.0557. The van der Waals surface area contributed by atoms with Crippen LogP contribution in [0.3, 0.4) is 0 Å². The Morgan fingerprint density at radius 3 is 2.32 bits per heavy atom. The molecular formula is C30H30N2O6. The van der Waals surface area contributed by atoms with Crippen LogP contribution < -0.4 is 14.8 Å². The molecule has 1 aromatic heterocycles. The van der Waals surface area contributed by atoms with Gasteiger partial charge in [0.25, 0.3) is 11.6 Å². The first-order chi connectivity index (χ1) is 18.1. The van der Waals surface area contributed by atoms with Gasteiger partial charge in [-0.1, -0.05) is 32.0 Å². The van der Waals surface area contributed by atoms with Crippen molar-refractivity contribution in [3.63, 3.8) is 0 Å². The Bertz CT molecular complexity index is 1470. The van der Waals surface area contributed by atoms with Crippen molar-refractivity contribution in [2.45, 2.75) is 47.1 Å². The smallest absolute Gasteiger partial charge is 0.291 e. The molecule has 0 unspecified atom stereocenters. The SMILES string of the molecule is Cc1cc(C)cc(Oc2cc(NC(=O)c3ccc(COc4cc(C)ccc4C(C)C)o3)cc([N+](=O)[O-])c2)c1. The molecule has 0 fully saturated rings. The van der Waals surface area contributed by atoms with Gasteiger partial charge in [-0.15, -0.1) is 0 Å². The summed E-state index contributed by atoms with van der Waals surface area (Å²) in [6.45, 7) is 10.2. The van der Waals surface area contributed by atoms with Crippen molar-refractivity contribution in [3.8, 4) is 17.2 Å². The van der Waals surface area contributed by atoms with Gasteiger partial charge in [0, 0.05) is 12.1 Å². The van der Waals surface area contributed by atoms with Gasteiger partial charge in [0.2, 0.25) is 0 Å². The lowest BCUT2D eigenvalue weighted by molar-refractivity contribution is -0.384. The van der Waals surface area contributed by atoms with E-state index in [2.05, 4.69) is 19.2 Å². The summed E-state index contributed by atoms with van der Waals surface area (Å²) in [5, 5.41) is 14.2. The molecule has 38 heavy (non-hydrogen) atoms. The van der Waals surface area contributed by atoms with E-state index in [1.54, 1.807) is 6.07 Å². The fourth-order valence-electron chi connectivity index (χ4n) is 4.11. The molecule has 3 aromatic carbocycles. The van der Waals surface area contributed by atoms with Gasteiger partial charge in [0.05, 0.1) is 16.7 Å². The number of anilines is 1. The number of benzene rings is 3. The van der Waals surface area contributed by atoms with E-state index in [1.165, 1.54) is 24.3 Å². The number of nitro groups is 1. The third-order valence-corrected chi connectivity index (χ3v) is 5.84. The quantitative estimate of drug-likeness (QED) is 0.180. The van der Waals surface area contributed by atoms with Crippen molar-refractivity contribution < 1.29 is 23.6 Å². The molecule has 0 bridgehead atoms. The lowest BCUT2D eigenvalue weighted by atomic mass is 10.0. The summed E-state index contributed by atoms with van der Waals surface area (Å²) in [6.07, 6.45) is 0. The van der Waals surface area contributed by atoms with E-state index in [0.717, 1.165) is 28.0 Å². The van der Waals surface area contributed by atoms with Crippen LogP contribution in [-0.4, -0.2) is 10.8 Å². The number of non-ortho nitro benzene ring substituents is 1. The number of nitrogens with one attached hydrogen (secondary N) is 1. The van der Waals surface area contributed by atoms with Crippen LogP contribution in [-0.2, 0) is 6.61 Å². The Balaban J connectivity index is 1.48. The lowest BCUT2D eigenvalue weighted by Gasteiger charge is -2.14. The molecule has 0 spiro atoms. The van der Waals surface area contributed by atoms with Crippen molar-refractivity contribution >= 4 is 17.3 Å². The Morgan fingerprint density at radius 2 is 1.63 bits per heavy atom. The molecular weight excluding hydrogens is 484 g/mol. The number of furan rings is 1. The Labute approximate surface area is 221 Å². The van der Waals surface area contributed by atoms with Crippen LogP contribution in [0.5, 0.6) is 17.2 Å². The molecule has 1 N–H and O–H groups in total. The topological polar surface area (TPSA) is 104 Å². The lowest BCUT2D eigenvalue weighted by Crippen LogP contribution is -2.11. The van der Waals surface area contributed by atoms with Crippen molar-refractivity contribution in [1.82, 2.24) is 0 Å². The van der Waals surface area contributed by atoms with Crippen molar-refractivity contribution in [2.24, 2.45) is 0 Å². The number of carbonyl (C=O) groups is 1. The van der Waals surface area contributed by atoms with E-state index in [0.29, 0.717) is 17.4 Å². The van der Waals surface area contributed by atoms with Crippen molar-refractivity contribution in [1.29, 1.82) is 0 Å². The van der Waals surface area contributed by atoms with E-state index < -0.39 is 10.8 Å². The zero-order valence-corrected chi connectivity index (χ0v) is 22.0. The summed E-state index contributed by atoms with van der Waals surface area (Å²) in [6, 6.07) is 19.0. The fourth-order valence-corrected chi connectivity index (χ4v) is 4.11. The first kappa shape index (κ1) is 26.5. The van der Waals surface area contributed by atoms with E-state index in [1.807, 2.05) is 57.2 Å². The van der Waals surface area contributed by atoms with E-state index in [4.69, 9.17) is 13.9 Å². The Morgan fingerprint density at radius 1 is 0.921 bits per heavy atom. The summed E-state index contributed by atoms with van der Waals surface area (Å²) in [4.78, 5) is 23.8. The molecule has 0 atom stereocenters. The predicted octanol–water partition coefficient (Wildman–Crippen LogP) is 7.86. The summed E-state index contributed by atoms with van der Waals surface area (Å²) in [5.41, 5.74) is 4.17. The average molecular weight is 515 g/mol. The number of hydrogen-bond acceptors (Lipinski definition) is 6. The first-order valence-corrected chi connectivity index (χ1v) is 12.3. The molecule has 8 heteroatoms. The van der Waals surface area contributed by atoms with Crippen molar-refractivity contribution in [2.75, 3.05) is 5.32 Å². The van der Waals surface area contributed by atoms with Gasteiger partial charge >= 0.3 is 0 Å². The molecule has 4 aromatic rings. The average Bonchev–Trinajstić information content (AvgIpc) is 3.31. The van der Waals surface area contributed by atoms with Crippen LogP contribution in [0.25, 0.3) is 0 Å². The highest BCUT2D eigenvalue weighted by Gasteiger charge is 2.17. The number of ether oxygens (including phenoxy) is 2. The summed E-state index contributed by atoms with van der Waals surface area (Å²) >= 11 is 0. The third kappa shape index (κ3) is 6.59. The maximum Gasteiger partial charge on any atom is 0.291 e. The second kappa shape index (κ2) is 11.2. The minimum atomic E-state index is -0.549.